The molecule has 1 aliphatic heterocycles. The predicted molar refractivity (Wildman–Crippen MR) is 79.6 cm³/mol. The van der Waals surface area contributed by atoms with E-state index in [9.17, 15) is 10.3 Å². The van der Waals surface area contributed by atoms with Gasteiger partial charge in [-0.3, -0.25) is 0 Å². The number of oxime groups is 1. The zero-order valence-corrected chi connectivity index (χ0v) is 11.8. The van der Waals surface area contributed by atoms with E-state index >= 15 is 0 Å². The molecule has 3 rings (SSSR count). The number of hydrogen-bond donors (Lipinski definition) is 2. The van der Waals surface area contributed by atoms with Crippen LogP contribution in [0, 0.1) is 0 Å². The summed E-state index contributed by atoms with van der Waals surface area (Å²) < 4.78 is 0. The summed E-state index contributed by atoms with van der Waals surface area (Å²) in [6.45, 7) is 1.58. The van der Waals surface area contributed by atoms with E-state index in [1.807, 2.05) is 18.2 Å². The second-order valence-corrected chi connectivity index (χ2v) is 6.02. The molecule has 1 heterocycles. The van der Waals surface area contributed by atoms with Crippen LogP contribution in [0.3, 0.4) is 0 Å². The highest BCUT2D eigenvalue weighted by Gasteiger charge is 2.34. The molecule has 0 atom stereocenters. The van der Waals surface area contributed by atoms with Gasteiger partial charge in [0.25, 0.3) is 0 Å². The molecule has 2 aliphatic rings. The van der Waals surface area contributed by atoms with Crippen molar-refractivity contribution >= 4 is 11.4 Å². The molecule has 20 heavy (non-hydrogen) atoms. The van der Waals surface area contributed by atoms with Gasteiger partial charge in [0.15, 0.2) is 0 Å². The SMILES string of the molecule is O/N=C1/CCCN(CC2(O)CCCC2)c2ccccc21. The van der Waals surface area contributed by atoms with E-state index < -0.39 is 5.60 Å². The Hall–Kier alpha value is -1.55. The number of anilines is 1. The minimum absolute atomic E-state index is 0.548. The van der Waals surface area contributed by atoms with Crippen molar-refractivity contribution < 1.29 is 10.3 Å². The fourth-order valence-corrected chi connectivity index (χ4v) is 3.50. The summed E-state index contributed by atoms with van der Waals surface area (Å²) in [6.07, 6.45) is 5.76. The second kappa shape index (κ2) is 5.44. The fourth-order valence-electron chi connectivity index (χ4n) is 3.50. The maximum Gasteiger partial charge on any atom is 0.0889 e. The molecule has 1 fully saturated rings. The first-order valence-electron chi connectivity index (χ1n) is 7.49. The minimum atomic E-state index is -0.548. The summed E-state index contributed by atoms with van der Waals surface area (Å²) in [5, 5.41) is 23.3. The molecule has 108 valence electrons. The van der Waals surface area contributed by atoms with E-state index in [4.69, 9.17) is 0 Å². The number of hydrogen-bond acceptors (Lipinski definition) is 4. The smallest absolute Gasteiger partial charge is 0.0889 e. The summed E-state index contributed by atoms with van der Waals surface area (Å²) in [6, 6.07) is 8.04. The first-order chi connectivity index (χ1) is 9.72. The van der Waals surface area contributed by atoms with E-state index in [0.717, 1.165) is 62.0 Å². The minimum Gasteiger partial charge on any atom is -0.411 e. The average Bonchev–Trinajstić information content (AvgIpc) is 2.81. The van der Waals surface area contributed by atoms with Crippen LogP contribution in [0.25, 0.3) is 0 Å². The molecule has 2 N–H and O–H groups in total. The maximum absolute atomic E-state index is 10.7. The van der Waals surface area contributed by atoms with E-state index in [-0.39, 0.29) is 0 Å². The fraction of sp³-hybridized carbons (Fsp3) is 0.562. The highest BCUT2D eigenvalue weighted by Crippen LogP contribution is 2.34. The van der Waals surface area contributed by atoms with E-state index in [1.54, 1.807) is 0 Å². The molecule has 0 aromatic heterocycles. The van der Waals surface area contributed by atoms with Gasteiger partial charge in [0.1, 0.15) is 0 Å². The van der Waals surface area contributed by atoms with Crippen LogP contribution in [-0.4, -0.2) is 34.7 Å². The molecule has 4 nitrogen and oxygen atoms in total. The van der Waals surface area contributed by atoms with Crippen molar-refractivity contribution in [1.29, 1.82) is 0 Å². The van der Waals surface area contributed by atoms with Gasteiger partial charge < -0.3 is 15.2 Å². The van der Waals surface area contributed by atoms with Gasteiger partial charge in [0.05, 0.1) is 11.3 Å². The molecular weight excluding hydrogens is 252 g/mol. The zero-order chi connectivity index (χ0) is 14.0. The van der Waals surface area contributed by atoms with Crippen LogP contribution in [0.5, 0.6) is 0 Å². The van der Waals surface area contributed by atoms with Gasteiger partial charge in [-0.2, -0.15) is 0 Å². The maximum atomic E-state index is 10.7. The number of rotatable bonds is 2. The van der Waals surface area contributed by atoms with Crippen molar-refractivity contribution in [3.63, 3.8) is 0 Å². The normalized spacial score (nSPS) is 23.6. The Balaban J connectivity index is 1.91. The van der Waals surface area contributed by atoms with Crippen LogP contribution >= 0.6 is 0 Å². The summed E-state index contributed by atoms with van der Waals surface area (Å²) >= 11 is 0. The Bertz CT molecular complexity index is 507. The molecular formula is C16H22N2O2. The van der Waals surface area contributed by atoms with Crippen LogP contribution in [0.2, 0.25) is 0 Å². The second-order valence-electron chi connectivity index (χ2n) is 6.02. The zero-order valence-electron chi connectivity index (χ0n) is 11.8. The third kappa shape index (κ3) is 2.52. The lowest BCUT2D eigenvalue weighted by atomic mass is 10.0. The van der Waals surface area contributed by atoms with Crippen LogP contribution in [0.4, 0.5) is 5.69 Å². The number of β-amino-alcohol motifs (C(OH)–C–C–N with tert-alkyl or cyclic N) is 1. The summed E-state index contributed by atoms with van der Waals surface area (Å²) in [4.78, 5) is 2.26. The Morgan fingerprint density at radius 1 is 1.15 bits per heavy atom. The average molecular weight is 274 g/mol. The Morgan fingerprint density at radius 3 is 2.65 bits per heavy atom. The summed E-state index contributed by atoms with van der Waals surface area (Å²) in [5.41, 5.74) is 2.28. The van der Waals surface area contributed by atoms with Crippen LogP contribution in [0.1, 0.15) is 44.1 Å². The van der Waals surface area contributed by atoms with E-state index in [2.05, 4.69) is 16.1 Å². The van der Waals surface area contributed by atoms with Gasteiger partial charge in [-0.05, 0) is 31.7 Å². The van der Waals surface area contributed by atoms with Gasteiger partial charge in [0.2, 0.25) is 0 Å². The van der Waals surface area contributed by atoms with Crippen molar-refractivity contribution in [1.82, 2.24) is 0 Å². The van der Waals surface area contributed by atoms with Gasteiger partial charge in [0, 0.05) is 24.3 Å². The van der Waals surface area contributed by atoms with Crippen LogP contribution in [0.15, 0.2) is 29.4 Å². The van der Waals surface area contributed by atoms with Crippen LogP contribution in [-0.2, 0) is 0 Å². The topological polar surface area (TPSA) is 56.1 Å². The van der Waals surface area contributed by atoms with Crippen molar-refractivity contribution in [2.45, 2.75) is 44.1 Å². The number of nitrogens with zero attached hydrogens (tertiary/aromatic N) is 2. The number of aliphatic hydroxyl groups is 1. The third-order valence-corrected chi connectivity index (χ3v) is 4.54. The van der Waals surface area contributed by atoms with Gasteiger partial charge >= 0.3 is 0 Å². The lowest BCUT2D eigenvalue weighted by Gasteiger charge is -2.33. The van der Waals surface area contributed by atoms with Crippen molar-refractivity contribution in [3.05, 3.63) is 29.8 Å². The molecule has 1 saturated carbocycles. The monoisotopic (exact) mass is 274 g/mol. The molecule has 4 heteroatoms. The quantitative estimate of drug-likeness (QED) is 0.644. The predicted octanol–water partition coefficient (Wildman–Crippen LogP) is 2.77. The molecule has 0 spiro atoms. The molecule has 1 aromatic rings. The Labute approximate surface area is 119 Å². The van der Waals surface area contributed by atoms with Gasteiger partial charge in [-0.25, -0.2) is 0 Å². The Kier molecular flexibility index (Phi) is 3.66. The Morgan fingerprint density at radius 2 is 1.90 bits per heavy atom. The number of para-hydroxylation sites is 1. The summed E-state index contributed by atoms with van der Waals surface area (Å²) in [7, 11) is 0. The molecule has 1 aliphatic carbocycles. The molecule has 0 amide bonds. The highest BCUT2D eigenvalue weighted by atomic mass is 16.4. The van der Waals surface area contributed by atoms with Gasteiger partial charge in [-0.1, -0.05) is 36.2 Å². The van der Waals surface area contributed by atoms with Gasteiger partial charge in [-0.15, -0.1) is 0 Å². The molecule has 0 saturated heterocycles. The largest absolute Gasteiger partial charge is 0.411 e. The molecule has 1 aromatic carbocycles. The lowest BCUT2D eigenvalue weighted by Crippen LogP contribution is -2.41. The van der Waals surface area contributed by atoms with E-state index in [1.165, 1.54) is 0 Å². The molecule has 0 unspecified atom stereocenters. The third-order valence-electron chi connectivity index (χ3n) is 4.54. The first-order valence-corrected chi connectivity index (χ1v) is 7.49. The van der Waals surface area contributed by atoms with Crippen molar-refractivity contribution in [2.75, 3.05) is 18.0 Å². The molecule has 0 radical (unpaired) electrons. The van der Waals surface area contributed by atoms with E-state index in [0.29, 0.717) is 6.54 Å². The summed E-state index contributed by atoms with van der Waals surface area (Å²) in [5.74, 6) is 0. The first kappa shape index (κ1) is 13.4. The highest BCUT2D eigenvalue weighted by molar-refractivity contribution is 6.05. The number of fused-ring (bicyclic) bond motifs is 1. The lowest BCUT2D eigenvalue weighted by molar-refractivity contribution is 0.0548. The number of benzene rings is 1. The molecule has 0 bridgehead atoms. The van der Waals surface area contributed by atoms with Crippen molar-refractivity contribution in [2.24, 2.45) is 5.16 Å². The van der Waals surface area contributed by atoms with Crippen LogP contribution < -0.4 is 4.90 Å². The van der Waals surface area contributed by atoms with Crippen molar-refractivity contribution in [3.8, 4) is 0 Å². The standard InChI is InChI=1S/C16H22N2O2/c19-16(9-3-4-10-16)12-18-11-5-7-14(17-20)13-6-1-2-8-15(13)18/h1-2,6,8,19-20H,3-5,7,9-12H2/b17-14-.